The van der Waals surface area contributed by atoms with Crippen LogP contribution in [0.1, 0.15) is 0 Å². The average Bonchev–Trinajstić information content (AvgIpc) is 2.09. The molecule has 0 atom stereocenters. The van der Waals surface area contributed by atoms with Crippen molar-refractivity contribution in [3.05, 3.63) is 27.0 Å². The molecule has 0 aliphatic heterocycles. The number of anilines is 1. The summed E-state index contributed by atoms with van der Waals surface area (Å²) in [4.78, 5) is 26.2. The summed E-state index contributed by atoms with van der Waals surface area (Å²) in [5.41, 5.74) is 4.48. The van der Waals surface area contributed by atoms with E-state index in [-0.39, 0.29) is 5.69 Å². The molecule has 6 nitrogen and oxygen atoms in total. The summed E-state index contributed by atoms with van der Waals surface area (Å²) >= 11 is 0. The van der Waals surface area contributed by atoms with Crippen LogP contribution in [-0.2, 0) is 6.54 Å². The van der Waals surface area contributed by atoms with Crippen molar-refractivity contribution in [2.24, 2.45) is 0 Å². The Kier molecular flexibility index (Phi) is 3.08. The maximum absolute atomic E-state index is 11.2. The Bertz CT molecular complexity index is 418. The molecule has 0 saturated carbocycles. The molecular weight excluding hydrogens is 184 g/mol. The Morgan fingerprint density at radius 2 is 2.14 bits per heavy atom. The molecule has 0 bridgehead atoms. The highest BCUT2D eigenvalue weighted by Gasteiger charge is 2.00. The van der Waals surface area contributed by atoms with E-state index < -0.39 is 11.2 Å². The second-order valence-corrected chi connectivity index (χ2v) is 3.34. The monoisotopic (exact) mass is 198 g/mol. The van der Waals surface area contributed by atoms with Gasteiger partial charge in [-0.2, -0.15) is 0 Å². The molecule has 0 amide bonds. The Balaban J connectivity index is 2.93. The van der Waals surface area contributed by atoms with Crippen LogP contribution in [0.4, 0.5) is 5.69 Å². The zero-order valence-electron chi connectivity index (χ0n) is 8.28. The molecule has 78 valence electrons. The van der Waals surface area contributed by atoms with E-state index in [1.165, 1.54) is 10.8 Å². The number of nitrogen functional groups attached to an aromatic ring is 1. The second kappa shape index (κ2) is 4.10. The van der Waals surface area contributed by atoms with Crippen LogP contribution >= 0.6 is 0 Å². The second-order valence-electron chi connectivity index (χ2n) is 3.34. The standard InChI is InChI=1S/C8H14N4O2/c1-11(2)3-4-12-5-6(9)7(13)10-8(12)14/h5H,3-4,9H2,1-2H3,(H,10,13,14). The van der Waals surface area contributed by atoms with Gasteiger partial charge in [-0.05, 0) is 14.1 Å². The molecule has 0 aliphatic rings. The van der Waals surface area contributed by atoms with Crippen LogP contribution in [0.5, 0.6) is 0 Å². The Morgan fingerprint density at radius 3 is 2.71 bits per heavy atom. The van der Waals surface area contributed by atoms with E-state index in [0.29, 0.717) is 13.1 Å². The number of nitrogens with zero attached hydrogens (tertiary/aromatic N) is 2. The van der Waals surface area contributed by atoms with Gasteiger partial charge in [-0.1, -0.05) is 0 Å². The van der Waals surface area contributed by atoms with Gasteiger partial charge in [0.15, 0.2) is 0 Å². The summed E-state index contributed by atoms with van der Waals surface area (Å²) in [7, 11) is 3.81. The van der Waals surface area contributed by atoms with Crippen molar-refractivity contribution < 1.29 is 0 Å². The van der Waals surface area contributed by atoms with Crippen LogP contribution in [0.25, 0.3) is 0 Å². The number of H-pyrrole nitrogens is 1. The SMILES string of the molecule is CN(C)CCn1cc(N)c(=O)[nH]c1=O. The van der Waals surface area contributed by atoms with E-state index in [9.17, 15) is 9.59 Å². The molecule has 14 heavy (non-hydrogen) atoms. The molecule has 0 unspecified atom stereocenters. The molecule has 1 rings (SSSR count). The Hall–Kier alpha value is -1.56. The zero-order valence-corrected chi connectivity index (χ0v) is 8.28. The molecule has 0 aliphatic carbocycles. The first-order valence-electron chi connectivity index (χ1n) is 4.24. The van der Waals surface area contributed by atoms with Crippen molar-refractivity contribution in [1.82, 2.24) is 14.5 Å². The van der Waals surface area contributed by atoms with Crippen LogP contribution in [0.15, 0.2) is 15.8 Å². The zero-order chi connectivity index (χ0) is 10.7. The van der Waals surface area contributed by atoms with Crippen LogP contribution < -0.4 is 17.0 Å². The highest BCUT2D eigenvalue weighted by Crippen LogP contribution is 1.87. The first-order chi connectivity index (χ1) is 6.50. The molecule has 6 heteroatoms. The first-order valence-corrected chi connectivity index (χ1v) is 4.24. The first kappa shape index (κ1) is 10.5. The van der Waals surface area contributed by atoms with Crippen molar-refractivity contribution in [1.29, 1.82) is 0 Å². The van der Waals surface area contributed by atoms with Crippen LogP contribution in [0, 0.1) is 0 Å². The fourth-order valence-electron chi connectivity index (χ4n) is 1.00. The molecule has 0 radical (unpaired) electrons. The maximum atomic E-state index is 11.2. The topological polar surface area (TPSA) is 84.1 Å². The van der Waals surface area contributed by atoms with Gasteiger partial charge in [-0.3, -0.25) is 14.3 Å². The number of nitrogens with one attached hydrogen (secondary N) is 1. The van der Waals surface area contributed by atoms with Gasteiger partial charge in [0.1, 0.15) is 5.69 Å². The normalized spacial score (nSPS) is 10.8. The highest BCUT2D eigenvalue weighted by atomic mass is 16.2. The minimum atomic E-state index is -0.531. The Labute approximate surface area is 81.0 Å². The number of rotatable bonds is 3. The van der Waals surface area contributed by atoms with Crippen molar-refractivity contribution in [3.8, 4) is 0 Å². The van der Waals surface area contributed by atoms with Crippen LogP contribution in [0.3, 0.4) is 0 Å². The van der Waals surface area contributed by atoms with E-state index in [4.69, 9.17) is 5.73 Å². The lowest BCUT2D eigenvalue weighted by Crippen LogP contribution is -2.33. The van der Waals surface area contributed by atoms with E-state index in [2.05, 4.69) is 4.98 Å². The third-order valence-electron chi connectivity index (χ3n) is 1.83. The smallest absolute Gasteiger partial charge is 0.328 e. The van der Waals surface area contributed by atoms with E-state index >= 15 is 0 Å². The van der Waals surface area contributed by atoms with Gasteiger partial charge in [-0.25, -0.2) is 4.79 Å². The van der Waals surface area contributed by atoms with Crippen molar-refractivity contribution >= 4 is 5.69 Å². The van der Waals surface area contributed by atoms with Gasteiger partial charge >= 0.3 is 5.69 Å². The predicted octanol–water partition coefficient (Wildman–Crippen LogP) is -1.32. The lowest BCUT2D eigenvalue weighted by Gasteiger charge is -2.10. The van der Waals surface area contributed by atoms with Gasteiger partial charge in [0, 0.05) is 19.3 Å². The quantitative estimate of drug-likeness (QED) is 0.631. The summed E-state index contributed by atoms with van der Waals surface area (Å²) < 4.78 is 1.39. The lowest BCUT2D eigenvalue weighted by molar-refractivity contribution is 0.379. The summed E-state index contributed by atoms with van der Waals surface area (Å²) in [5.74, 6) is 0. The van der Waals surface area contributed by atoms with Gasteiger partial charge in [0.05, 0.1) is 0 Å². The van der Waals surface area contributed by atoms with Crippen molar-refractivity contribution in [2.75, 3.05) is 26.4 Å². The fourth-order valence-corrected chi connectivity index (χ4v) is 1.00. The minimum Gasteiger partial charge on any atom is -0.393 e. The minimum absolute atomic E-state index is 0.0587. The maximum Gasteiger partial charge on any atom is 0.328 e. The van der Waals surface area contributed by atoms with Gasteiger partial charge in [-0.15, -0.1) is 0 Å². The molecule has 1 heterocycles. The fraction of sp³-hybridized carbons (Fsp3) is 0.500. The number of nitrogens with two attached hydrogens (primary N) is 1. The van der Waals surface area contributed by atoms with Crippen LogP contribution in [-0.4, -0.2) is 35.1 Å². The molecule has 3 N–H and O–H groups in total. The van der Waals surface area contributed by atoms with Crippen molar-refractivity contribution in [2.45, 2.75) is 6.54 Å². The number of hydrogen-bond donors (Lipinski definition) is 2. The molecular formula is C8H14N4O2. The van der Waals surface area contributed by atoms with Crippen molar-refractivity contribution in [3.63, 3.8) is 0 Å². The number of aromatic nitrogens is 2. The van der Waals surface area contributed by atoms with Gasteiger partial charge in [0.2, 0.25) is 0 Å². The molecule has 1 aromatic heterocycles. The van der Waals surface area contributed by atoms with Crippen LogP contribution in [0.2, 0.25) is 0 Å². The Morgan fingerprint density at radius 1 is 1.50 bits per heavy atom. The summed E-state index contributed by atoms with van der Waals surface area (Å²) in [5, 5.41) is 0. The predicted molar refractivity (Wildman–Crippen MR) is 54.3 cm³/mol. The summed E-state index contributed by atoms with van der Waals surface area (Å²) in [6.07, 6.45) is 1.37. The average molecular weight is 198 g/mol. The third kappa shape index (κ3) is 2.46. The number of likely N-dealkylation sites (N-methyl/N-ethyl adjacent to an activating group) is 1. The largest absolute Gasteiger partial charge is 0.393 e. The lowest BCUT2D eigenvalue weighted by atomic mass is 10.5. The number of hydrogen-bond acceptors (Lipinski definition) is 4. The number of aromatic amines is 1. The summed E-state index contributed by atoms with van der Waals surface area (Å²) in [6, 6.07) is 0. The molecule has 0 saturated heterocycles. The molecule has 0 spiro atoms. The van der Waals surface area contributed by atoms with E-state index in [1.807, 2.05) is 19.0 Å². The third-order valence-corrected chi connectivity index (χ3v) is 1.83. The summed E-state index contributed by atoms with van der Waals surface area (Å²) in [6.45, 7) is 1.22. The molecule has 0 aromatic carbocycles. The van der Waals surface area contributed by atoms with E-state index in [1.54, 1.807) is 0 Å². The van der Waals surface area contributed by atoms with Gasteiger partial charge in [0.25, 0.3) is 5.56 Å². The molecule has 1 aromatic rings. The molecule has 0 fully saturated rings. The highest BCUT2D eigenvalue weighted by molar-refractivity contribution is 5.30. The van der Waals surface area contributed by atoms with Gasteiger partial charge < -0.3 is 10.6 Å². The van der Waals surface area contributed by atoms with E-state index in [0.717, 1.165) is 0 Å².